The molecule has 4 bridgehead atoms. The number of hydrogen-bond acceptors (Lipinski definition) is 3. The highest BCUT2D eigenvalue weighted by Crippen LogP contribution is 2.61. The number of hydrogen-bond donors (Lipinski definition) is 2. The van der Waals surface area contributed by atoms with Gasteiger partial charge in [-0.1, -0.05) is 5.16 Å². The lowest BCUT2D eigenvalue weighted by Gasteiger charge is -2.60. The molecule has 0 aromatic heterocycles. The number of aliphatic hydroxyl groups is 1. The molecule has 0 aromatic carbocycles. The molecule has 4 atom stereocenters. The lowest BCUT2D eigenvalue weighted by molar-refractivity contribution is -0.142. The van der Waals surface area contributed by atoms with Crippen molar-refractivity contribution < 1.29 is 10.3 Å². The van der Waals surface area contributed by atoms with Crippen LogP contribution in [-0.2, 0) is 0 Å². The maximum Gasteiger partial charge on any atom is 0.0662 e. The van der Waals surface area contributed by atoms with Crippen molar-refractivity contribution in [2.45, 2.75) is 51.0 Å². The Bertz CT molecular complexity index is 310. The zero-order valence-electron chi connectivity index (χ0n) is 9.24. The van der Waals surface area contributed by atoms with Gasteiger partial charge in [0.2, 0.25) is 0 Å². The van der Waals surface area contributed by atoms with Gasteiger partial charge in [-0.05, 0) is 57.3 Å². The highest BCUT2D eigenvalue weighted by atomic mass is 16.4. The second kappa shape index (κ2) is 2.76. The topological polar surface area (TPSA) is 52.8 Å². The summed E-state index contributed by atoms with van der Waals surface area (Å²) >= 11 is 0. The van der Waals surface area contributed by atoms with E-state index in [1.165, 1.54) is 6.42 Å². The number of nitrogens with zero attached hydrogens (tertiary/aromatic N) is 1. The fourth-order valence-electron chi connectivity index (χ4n) is 4.74. The molecular formula is C12H19NO2. The Kier molecular flexibility index (Phi) is 1.77. The van der Waals surface area contributed by atoms with Crippen LogP contribution < -0.4 is 0 Å². The molecule has 4 aliphatic rings. The first-order valence-electron chi connectivity index (χ1n) is 5.97. The molecule has 2 N–H and O–H groups in total. The lowest BCUT2D eigenvalue weighted by atomic mass is 9.47. The molecule has 4 fully saturated rings. The van der Waals surface area contributed by atoms with Gasteiger partial charge in [0.25, 0.3) is 0 Å². The Morgan fingerprint density at radius 3 is 2.27 bits per heavy atom. The Morgan fingerprint density at radius 2 is 1.80 bits per heavy atom. The van der Waals surface area contributed by atoms with Crippen LogP contribution in [0.25, 0.3) is 0 Å². The SMILES string of the molecule is C/C(=N\O)C12C[C@@H]3C[C@@H](CC(O)(C3)C1)C2. The van der Waals surface area contributed by atoms with Crippen LogP contribution in [0.1, 0.15) is 45.4 Å². The average molecular weight is 209 g/mol. The first-order valence-corrected chi connectivity index (χ1v) is 5.97. The fourth-order valence-corrected chi connectivity index (χ4v) is 4.74. The zero-order valence-corrected chi connectivity index (χ0v) is 9.24. The normalized spacial score (nSPS) is 53.6. The third-order valence-corrected chi connectivity index (χ3v) is 4.95. The second-order valence-corrected chi connectivity index (χ2v) is 6.15. The van der Waals surface area contributed by atoms with Gasteiger partial charge in [-0.15, -0.1) is 0 Å². The molecule has 2 unspecified atom stereocenters. The van der Waals surface area contributed by atoms with Crippen LogP contribution in [0.15, 0.2) is 5.16 Å². The predicted molar refractivity (Wildman–Crippen MR) is 57.0 cm³/mol. The summed E-state index contributed by atoms with van der Waals surface area (Å²) in [6.45, 7) is 1.91. The third-order valence-electron chi connectivity index (χ3n) is 4.95. The first-order chi connectivity index (χ1) is 7.05. The van der Waals surface area contributed by atoms with Crippen molar-refractivity contribution >= 4 is 5.71 Å². The molecule has 0 saturated heterocycles. The van der Waals surface area contributed by atoms with E-state index in [1.807, 2.05) is 6.92 Å². The van der Waals surface area contributed by atoms with Gasteiger partial charge in [0, 0.05) is 5.41 Å². The van der Waals surface area contributed by atoms with Crippen molar-refractivity contribution in [3.05, 3.63) is 0 Å². The monoisotopic (exact) mass is 209 g/mol. The number of oxime groups is 1. The van der Waals surface area contributed by atoms with E-state index >= 15 is 0 Å². The van der Waals surface area contributed by atoms with Gasteiger partial charge in [-0.25, -0.2) is 0 Å². The van der Waals surface area contributed by atoms with Crippen molar-refractivity contribution in [2.75, 3.05) is 0 Å². The summed E-state index contributed by atoms with van der Waals surface area (Å²) < 4.78 is 0. The van der Waals surface area contributed by atoms with Gasteiger partial charge in [-0.3, -0.25) is 0 Å². The third kappa shape index (κ3) is 1.25. The fraction of sp³-hybridized carbons (Fsp3) is 0.917. The largest absolute Gasteiger partial charge is 0.411 e. The molecule has 4 aliphatic carbocycles. The molecule has 3 heteroatoms. The van der Waals surface area contributed by atoms with Crippen LogP contribution >= 0.6 is 0 Å². The van der Waals surface area contributed by atoms with E-state index in [0.29, 0.717) is 11.8 Å². The van der Waals surface area contributed by atoms with Gasteiger partial charge in [0.15, 0.2) is 0 Å². The predicted octanol–water partition coefficient (Wildman–Crippen LogP) is 2.17. The molecule has 0 aliphatic heterocycles. The van der Waals surface area contributed by atoms with Crippen molar-refractivity contribution in [1.29, 1.82) is 0 Å². The average Bonchev–Trinajstić information content (AvgIpc) is 2.12. The summed E-state index contributed by atoms with van der Waals surface area (Å²) in [6.07, 6.45) is 6.31. The van der Waals surface area contributed by atoms with Crippen LogP contribution in [0.5, 0.6) is 0 Å². The van der Waals surface area contributed by atoms with E-state index in [2.05, 4.69) is 5.16 Å². The van der Waals surface area contributed by atoms with E-state index in [9.17, 15) is 5.11 Å². The highest BCUT2D eigenvalue weighted by Gasteiger charge is 2.58. The first kappa shape index (κ1) is 9.64. The van der Waals surface area contributed by atoms with Crippen molar-refractivity contribution in [3.8, 4) is 0 Å². The minimum atomic E-state index is -0.448. The van der Waals surface area contributed by atoms with Crippen molar-refractivity contribution in [3.63, 3.8) is 0 Å². The summed E-state index contributed by atoms with van der Waals surface area (Å²) in [5.41, 5.74) is 0.416. The van der Waals surface area contributed by atoms with Gasteiger partial charge < -0.3 is 10.3 Å². The summed E-state index contributed by atoms with van der Waals surface area (Å²) in [7, 11) is 0. The maximum atomic E-state index is 10.5. The second-order valence-electron chi connectivity index (χ2n) is 6.15. The summed E-state index contributed by atoms with van der Waals surface area (Å²) in [5.74, 6) is 1.32. The molecular weight excluding hydrogens is 190 g/mol. The smallest absolute Gasteiger partial charge is 0.0662 e. The molecule has 0 amide bonds. The van der Waals surface area contributed by atoms with E-state index < -0.39 is 5.60 Å². The van der Waals surface area contributed by atoms with Gasteiger partial charge in [-0.2, -0.15) is 0 Å². The summed E-state index contributed by atoms with van der Waals surface area (Å²) in [4.78, 5) is 0. The Morgan fingerprint density at radius 1 is 1.20 bits per heavy atom. The standard InChI is InChI=1S/C12H19NO2/c1-8(13-15)11-3-9-2-10(4-11)6-12(14,5-9)7-11/h9-10,14-15H,2-7H2,1H3/b13-8+/t9-,10+,11?,12?. The van der Waals surface area contributed by atoms with Crippen molar-refractivity contribution in [1.82, 2.24) is 0 Å². The lowest BCUT2D eigenvalue weighted by Crippen LogP contribution is -2.57. The summed E-state index contributed by atoms with van der Waals surface area (Å²) in [6, 6.07) is 0. The number of rotatable bonds is 1. The van der Waals surface area contributed by atoms with Crippen LogP contribution in [0.3, 0.4) is 0 Å². The molecule has 4 rings (SSSR count). The molecule has 84 valence electrons. The molecule has 3 nitrogen and oxygen atoms in total. The molecule has 15 heavy (non-hydrogen) atoms. The summed E-state index contributed by atoms with van der Waals surface area (Å²) in [5, 5.41) is 22.9. The molecule has 0 radical (unpaired) electrons. The zero-order chi connectivity index (χ0) is 10.7. The molecule has 0 spiro atoms. The highest BCUT2D eigenvalue weighted by molar-refractivity contribution is 5.88. The van der Waals surface area contributed by atoms with E-state index in [-0.39, 0.29) is 5.41 Å². The minimum Gasteiger partial charge on any atom is -0.411 e. The quantitative estimate of drug-likeness (QED) is 0.395. The maximum absolute atomic E-state index is 10.5. The molecule has 0 heterocycles. The Labute approximate surface area is 90.2 Å². The van der Waals surface area contributed by atoms with Crippen molar-refractivity contribution in [2.24, 2.45) is 22.4 Å². The molecule has 4 saturated carbocycles. The van der Waals surface area contributed by atoms with Gasteiger partial charge in [0.05, 0.1) is 11.3 Å². The van der Waals surface area contributed by atoms with E-state index in [0.717, 1.165) is 37.8 Å². The Balaban J connectivity index is 1.99. The minimum absolute atomic E-state index is 0.0214. The van der Waals surface area contributed by atoms with Crippen LogP contribution in [-0.4, -0.2) is 21.6 Å². The Hall–Kier alpha value is -0.570. The van der Waals surface area contributed by atoms with Gasteiger partial charge in [0.1, 0.15) is 0 Å². The van der Waals surface area contributed by atoms with Crippen LogP contribution in [0.4, 0.5) is 0 Å². The van der Waals surface area contributed by atoms with E-state index in [1.54, 1.807) is 0 Å². The van der Waals surface area contributed by atoms with Crippen LogP contribution in [0.2, 0.25) is 0 Å². The van der Waals surface area contributed by atoms with Gasteiger partial charge >= 0.3 is 0 Å². The molecule has 0 aromatic rings. The van der Waals surface area contributed by atoms with E-state index in [4.69, 9.17) is 5.21 Å². The van der Waals surface area contributed by atoms with Crippen LogP contribution in [0, 0.1) is 17.3 Å².